The number of Topliss-reactive ketones (excluding diaryl/α,β-unsaturated/α-hetero) is 1. The fourth-order valence-electron chi connectivity index (χ4n) is 4.09. The molecule has 150 valence electrons. The maximum Gasteiger partial charge on any atom is 0.173 e. The number of carbonyl (C=O) groups is 1. The lowest BCUT2D eigenvalue weighted by Gasteiger charge is -2.39. The third kappa shape index (κ3) is 3.92. The number of aryl methyl sites for hydroxylation is 2. The minimum absolute atomic E-state index is 0.208. The lowest BCUT2D eigenvalue weighted by Crippen LogP contribution is -2.47. The van der Waals surface area contributed by atoms with E-state index >= 15 is 0 Å². The van der Waals surface area contributed by atoms with Crippen LogP contribution in [0.1, 0.15) is 47.6 Å². The SMILES string of the molecule is Cc1ccc(C)c(COc2cccc(C3NC(=S)N(C)C4=C3C(=O)CCC4)c2)c1. The Bertz CT molecular complexity index is 1010. The van der Waals surface area contributed by atoms with Crippen molar-refractivity contribution >= 4 is 23.1 Å². The standard InChI is InChI=1S/C24H26N2O2S/c1-15-10-11-16(2)18(12-15)14-28-19-7-4-6-17(13-19)23-22-20(8-5-9-21(22)27)26(3)24(29)25-23/h4,6-7,10-13,23H,5,8-9,14H2,1-3H3,(H,25,29). The van der Waals surface area contributed by atoms with E-state index in [0.29, 0.717) is 18.1 Å². The molecule has 4 rings (SSSR count). The molecule has 2 aromatic carbocycles. The molecular formula is C24H26N2O2S. The molecule has 29 heavy (non-hydrogen) atoms. The summed E-state index contributed by atoms with van der Waals surface area (Å²) in [6.45, 7) is 4.70. The maximum atomic E-state index is 12.7. The number of rotatable bonds is 4. The first-order valence-electron chi connectivity index (χ1n) is 10.0. The number of hydrogen-bond acceptors (Lipinski definition) is 3. The average molecular weight is 407 g/mol. The number of allylic oxidation sites excluding steroid dienone is 1. The molecule has 0 spiro atoms. The summed E-state index contributed by atoms with van der Waals surface area (Å²) in [4.78, 5) is 14.7. The summed E-state index contributed by atoms with van der Waals surface area (Å²) in [6, 6.07) is 14.2. The van der Waals surface area contributed by atoms with Crippen LogP contribution in [0.2, 0.25) is 0 Å². The minimum Gasteiger partial charge on any atom is -0.489 e. The molecule has 0 bridgehead atoms. The van der Waals surface area contributed by atoms with Gasteiger partial charge in [-0.25, -0.2) is 0 Å². The molecule has 0 amide bonds. The lowest BCUT2D eigenvalue weighted by atomic mass is 9.85. The summed E-state index contributed by atoms with van der Waals surface area (Å²) in [5, 5.41) is 4.01. The van der Waals surface area contributed by atoms with Crippen molar-refractivity contribution in [2.45, 2.75) is 45.8 Å². The Morgan fingerprint density at radius 2 is 2.00 bits per heavy atom. The quantitative estimate of drug-likeness (QED) is 0.742. The fourth-order valence-corrected chi connectivity index (χ4v) is 4.32. The van der Waals surface area contributed by atoms with Gasteiger partial charge in [-0.3, -0.25) is 4.79 Å². The zero-order chi connectivity index (χ0) is 20.5. The molecule has 0 saturated carbocycles. The van der Waals surface area contributed by atoms with Crippen LogP contribution in [0.4, 0.5) is 0 Å². The number of thiocarbonyl (C=S) groups is 1. The molecule has 2 aliphatic rings. The van der Waals surface area contributed by atoms with Gasteiger partial charge in [0.15, 0.2) is 10.9 Å². The Balaban J connectivity index is 1.61. The molecule has 1 aliphatic heterocycles. The highest BCUT2D eigenvalue weighted by molar-refractivity contribution is 7.80. The lowest BCUT2D eigenvalue weighted by molar-refractivity contribution is -0.116. The van der Waals surface area contributed by atoms with E-state index < -0.39 is 0 Å². The third-order valence-electron chi connectivity index (χ3n) is 5.79. The first-order valence-corrected chi connectivity index (χ1v) is 10.4. The van der Waals surface area contributed by atoms with E-state index in [1.54, 1.807) is 0 Å². The van der Waals surface area contributed by atoms with Crippen LogP contribution in [0.25, 0.3) is 0 Å². The van der Waals surface area contributed by atoms with Gasteiger partial charge in [0, 0.05) is 24.7 Å². The van der Waals surface area contributed by atoms with Gasteiger partial charge in [-0.2, -0.15) is 0 Å². The summed E-state index contributed by atoms with van der Waals surface area (Å²) in [5.41, 5.74) is 6.53. The Morgan fingerprint density at radius 1 is 1.17 bits per heavy atom. The Hall–Kier alpha value is -2.66. The molecule has 4 nitrogen and oxygen atoms in total. The van der Waals surface area contributed by atoms with Crippen LogP contribution in [-0.4, -0.2) is 22.8 Å². The monoisotopic (exact) mass is 406 g/mol. The van der Waals surface area contributed by atoms with E-state index in [0.717, 1.165) is 35.4 Å². The van der Waals surface area contributed by atoms with Gasteiger partial charge < -0.3 is 15.0 Å². The molecule has 0 fully saturated rings. The second kappa shape index (κ2) is 7.99. The van der Waals surface area contributed by atoms with E-state index in [4.69, 9.17) is 17.0 Å². The molecule has 5 heteroatoms. The molecule has 1 N–H and O–H groups in total. The van der Waals surface area contributed by atoms with Gasteiger partial charge in [0.05, 0.1) is 6.04 Å². The van der Waals surface area contributed by atoms with Gasteiger partial charge in [0.25, 0.3) is 0 Å². The molecule has 2 aromatic rings. The van der Waals surface area contributed by atoms with E-state index in [-0.39, 0.29) is 11.8 Å². The molecule has 1 aliphatic carbocycles. The van der Waals surface area contributed by atoms with Crippen LogP contribution in [0.3, 0.4) is 0 Å². The smallest absolute Gasteiger partial charge is 0.173 e. The van der Waals surface area contributed by atoms with Crippen LogP contribution in [0.5, 0.6) is 5.75 Å². The van der Waals surface area contributed by atoms with Gasteiger partial charge >= 0.3 is 0 Å². The van der Waals surface area contributed by atoms with Gasteiger partial charge in [-0.1, -0.05) is 35.9 Å². The number of benzene rings is 2. The summed E-state index contributed by atoms with van der Waals surface area (Å²) in [6.07, 6.45) is 2.37. The molecule has 0 saturated heterocycles. The third-order valence-corrected chi connectivity index (χ3v) is 6.18. The predicted molar refractivity (Wildman–Crippen MR) is 119 cm³/mol. The minimum atomic E-state index is -0.217. The van der Waals surface area contributed by atoms with E-state index in [1.165, 1.54) is 16.7 Å². The van der Waals surface area contributed by atoms with Crippen LogP contribution < -0.4 is 10.1 Å². The van der Waals surface area contributed by atoms with Crippen molar-refractivity contribution in [3.05, 3.63) is 76.0 Å². The molecule has 0 aromatic heterocycles. The highest BCUT2D eigenvalue weighted by Crippen LogP contribution is 2.37. The Labute approximate surface area is 177 Å². The highest BCUT2D eigenvalue weighted by atomic mass is 32.1. The van der Waals surface area contributed by atoms with Crippen molar-refractivity contribution in [3.63, 3.8) is 0 Å². The van der Waals surface area contributed by atoms with Crippen LogP contribution in [0.15, 0.2) is 53.7 Å². The molecule has 1 heterocycles. The normalized spacial score (nSPS) is 19.1. The summed E-state index contributed by atoms with van der Waals surface area (Å²) >= 11 is 5.52. The van der Waals surface area contributed by atoms with Crippen molar-refractivity contribution in [2.24, 2.45) is 0 Å². The molecular weight excluding hydrogens is 380 g/mol. The Kier molecular flexibility index (Phi) is 5.41. The topological polar surface area (TPSA) is 41.6 Å². The highest BCUT2D eigenvalue weighted by Gasteiger charge is 2.35. The number of hydrogen-bond donors (Lipinski definition) is 1. The number of nitrogens with one attached hydrogen (secondary N) is 1. The van der Waals surface area contributed by atoms with Crippen molar-refractivity contribution < 1.29 is 9.53 Å². The molecule has 1 atom stereocenters. The van der Waals surface area contributed by atoms with Crippen LogP contribution >= 0.6 is 12.2 Å². The Morgan fingerprint density at radius 3 is 2.83 bits per heavy atom. The second-order valence-corrected chi connectivity index (χ2v) is 8.26. The summed E-state index contributed by atoms with van der Waals surface area (Å²) in [7, 11) is 1.93. The van der Waals surface area contributed by atoms with E-state index in [9.17, 15) is 4.79 Å². The van der Waals surface area contributed by atoms with Gasteiger partial charge in [0.2, 0.25) is 0 Å². The van der Waals surface area contributed by atoms with Crippen molar-refractivity contribution in [1.29, 1.82) is 0 Å². The summed E-state index contributed by atoms with van der Waals surface area (Å²) < 4.78 is 6.10. The zero-order valence-corrected chi connectivity index (χ0v) is 17.9. The van der Waals surface area contributed by atoms with Crippen molar-refractivity contribution in [2.75, 3.05) is 7.05 Å². The second-order valence-electron chi connectivity index (χ2n) is 7.87. The van der Waals surface area contributed by atoms with E-state index in [1.807, 2.05) is 36.2 Å². The van der Waals surface area contributed by atoms with Crippen molar-refractivity contribution in [1.82, 2.24) is 10.2 Å². The van der Waals surface area contributed by atoms with Gasteiger partial charge in [0.1, 0.15) is 12.4 Å². The predicted octanol–water partition coefficient (Wildman–Crippen LogP) is 4.75. The first kappa shape index (κ1) is 19.6. The average Bonchev–Trinajstić information content (AvgIpc) is 2.72. The maximum absolute atomic E-state index is 12.7. The number of ether oxygens (including phenoxy) is 1. The molecule has 0 radical (unpaired) electrons. The number of carbonyl (C=O) groups excluding carboxylic acids is 1. The van der Waals surface area contributed by atoms with Gasteiger partial charge in [-0.05, 0) is 67.7 Å². The van der Waals surface area contributed by atoms with Crippen LogP contribution in [-0.2, 0) is 11.4 Å². The first-order chi connectivity index (χ1) is 13.9. The van der Waals surface area contributed by atoms with Crippen LogP contribution in [0, 0.1) is 13.8 Å². The largest absolute Gasteiger partial charge is 0.489 e. The number of nitrogens with zero attached hydrogens (tertiary/aromatic N) is 1. The fraction of sp³-hybridized carbons (Fsp3) is 0.333. The summed E-state index contributed by atoms with van der Waals surface area (Å²) in [5.74, 6) is 1.00. The van der Waals surface area contributed by atoms with Crippen molar-refractivity contribution in [3.8, 4) is 5.75 Å². The molecule has 1 unspecified atom stereocenters. The van der Waals surface area contributed by atoms with Gasteiger partial charge in [-0.15, -0.1) is 0 Å². The number of ketones is 1. The van der Waals surface area contributed by atoms with E-state index in [2.05, 4.69) is 37.4 Å². The zero-order valence-electron chi connectivity index (χ0n) is 17.1.